The van der Waals surface area contributed by atoms with Crippen molar-refractivity contribution in [2.45, 2.75) is 52.4 Å². The van der Waals surface area contributed by atoms with Crippen molar-refractivity contribution in [3.05, 3.63) is 36.0 Å². The highest BCUT2D eigenvalue weighted by Gasteiger charge is 2.24. The second-order valence-electron chi connectivity index (χ2n) is 7.72. The van der Waals surface area contributed by atoms with E-state index >= 15 is 0 Å². The number of fused-ring (bicyclic) bond motifs is 1. The van der Waals surface area contributed by atoms with E-state index in [0.29, 0.717) is 5.56 Å². The van der Waals surface area contributed by atoms with E-state index in [0.717, 1.165) is 29.7 Å². The molecule has 1 aliphatic rings. The SMILES string of the molecule is CC1CN(c2ccc3nccc(C(=O)OC(C)(C)C)c3c2)CC(C)O1. The van der Waals surface area contributed by atoms with E-state index in [2.05, 4.69) is 29.8 Å². The molecule has 2 atom stereocenters. The van der Waals surface area contributed by atoms with Crippen molar-refractivity contribution in [2.75, 3.05) is 18.0 Å². The predicted molar refractivity (Wildman–Crippen MR) is 99.1 cm³/mol. The zero-order chi connectivity index (χ0) is 18.2. The van der Waals surface area contributed by atoms with Crippen LogP contribution < -0.4 is 4.90 Å². The number of hydrogen-bond donors (Lipinski definition) is 0. The molecule has 2 aromatic rings. The molecule has 0 saturated carbocycles. The molecule has 2 heterocycles. The van der Waals surface area contributed by atoms with Gasteiger partial charge in [0.2, 0.25) is 0 Å². The number of hydrogen-bond acceptors (Lipinski definition) is 5. The Bertz CT molecular complexity index is 772. The third-order valence-corrected chi connectivity index (χ3v) is 4.13. The Morgan fingerprint density at radius 1 is 1.20 bits per heavy atom. The van der Waals surface area contributed by atoms with Crippen LogP contribution in [0.4, 0.5) is 5.69 Å². The molecule has 0 spiro atoms. The van der Waals surface area contributed by atoms with Gasteiger partial charge in [-0.15, -0.1) is 0 Å². The van der Waals surface area contributed by atoms with E-state index in [4.69, 9.17) is 9.47 Å². The van der Waals surface area contributed by atoms with Crippen LogP contribution in [0.3, 0.4) is 0 Å². The second-order valence-corrected chi connectivity index (χ2v) is 7.72. The molecule has 0 aliphatic carbocycles. The first-order valence-electron chi connectivity index (χ1n) is 8.75. The van der Waals surface area contributed by atoms with Crippen molar-refractivity contribution >= 4 is 22.6 Å². The topological polar surface area (TPSA) is 51.7 Å². The summed E-state index contributed by atoms with van der Waals surface area (Å²) in [5.41, 5.74) is 1.89. The zero-order valence-corrected chi connectivity index (χ0v) is 15.6. The first-order valence-corrected chi connectivity index (χ1v) is 8.75. The van der Waals surface area contributed by atoms with Crippen molar-refractivity contribution in [3.8, 4) is 0 Å². The van der Waals surface area contributed by atoms with Crippen LogP contribution in [0.25, 0.3) is 10.9 Å². The van der Waals surface area contributed by atoms with Crippen molar-refractivity contribution < 1.29 is 14.3 Å². The van der Waals surface area contributed by atoms with Crippen LogP contribution in [0.2, 0.25) is 0 Å². The Balaban J connectivity index is 1.98. The molecule has 0 radical (unpaired) electrons. The third kappa shape index (κ3) is 4.10. The maximum atomic E-state index is 12.6. The largest absolute Gasteiger partial charge is 0.456 e. The number of ether oxygens (including phenoxy) is 2. The molecule has 1 aromatic carbocycles. The number of morpholine rings is 1. The molecule has 134 valence electrons. The van der Waals surface area contributed by atoms with Gasteiger partial charge in [-0.1, -0.05) is 0 Å². The van der Waals surface area contributed by atoms with Gasteiger partial charge in [0.25, 0.3) is 0 Å². The maximum absolute atomic E-state index is 12.6. The molecule has 1 saturated heterocycles. The molecule has 2 unspecified atom stereocenters. The fraction of sp³-hybridized carbons (Fsp3) is 0.500. The van der Waals surface area contributed by atoms with E-state index in [1.54, 1.807) is 12.3 Å². The number of nitrogens with zero attached hydrogens (tertiary/aromatic N) is 2. The lowest BCUT2D eigenvalue weighted by Gasteiger charge is -2.37. The van der Waals surface area contributed by atoms with E-state index in [1.165, 1.54) is 0 Å². The van der Waals surface area contributed by atoms with Gasteiger partial charge in [0.15, 0.2) is 0 Å². The Hall–Kier alpha value is -2.14. The van der Waals surface area contributed by atoms with Gasteiger partial charge in [-0.05, 0) is 58.9 Å². The monoisotopic (exact) mass is 342 g/mol. The van der Waals surface area contributed by atoms with Crippen LogP contribution in [-0.4, -0.2) is 41.9 Å². The van der Waals surface area contributed by atoms with Crippen LogP contribution in [0, 0.1) is 0 Å². The van der Waals surface area contributed by atoms with Gasteiger partial charge in [-0.25, -0.2) is 4.79 Å². The minimum absolute atomic E-state index is 0.179. The van der Waals surface area contributed by atoms with Crippen molar-refractivity contribution in [2.24, 2.45) is 0 Å². The minimum Gasteiger partial charge on any atom is -0.456 e. The van der Waals surface area contributed by atoms with E-state index < -0.39 is 5.60 Å². The lowest BCUT2D eigenvalue weighted by atomic mass is 10.1. The van der Waals surface area contributed by atoms with Crippen LogP contribution in [0.15, 0.2) is 30.5 Å². The fourth-order valence-electron chi connectivity index (χ4n) is 3.23. The molecule has 0 N–H and O–H groups in total. The Labute approximate surface area is 148 Å². The van der Waals surface area contributed by atoms with Gasteiger partial charge in [0, 0.05) is 30.4 Å². The van der Waals surface area contributed by atoms with Gasteiger partial charge in [0.1, 0.15) is 5.60 Å². The van der Waals surface area contributed by atoms with Gasteiger partial charge >= 0.3 is 5.97 Å². The number of anilines is 1. The molecule has 0 bridgehead atoms. The Morgan fingerprint density at radius 3 is 2.52 bits per heavy atom. The molecular formula is C20H26N2O3. The van der Waals surface area contributed by atoms with Gasteiger partial charge < -0.3 is 14.4 Å². The molecule has 3 rings (SSSR count). The summed E-state index contributed by atoms with van der Waals surface area (Å²) in [6.07, 6.45) is 2.01. The number of esters is 1. The molecule has 5 nitrogen and oxygen atoms in total. The highest BCUT2D eigenvalue weighted by atomic mass is 16.6. The summed E-state index contributed by atoms with van der Waals surface area (Å²) in [4.78, 5) is 19.3. The van der Waals surface area contributed by atoms with Crippen LogP contribution in [-0.2, 0) is 9.47 Å². The minimum atomic E-state index is -0.528. The van der Waals surface area contributed by atoms with Crippen LogP contribution in [0.1, 0.15) is 45.0 Å². The van der Waals surface area contributed by atoms with Crippen molar-refractivity contribution in [3.63, 3.8) is 0 Å². The average Bonchev–Trinajstić information content (AvgIpc) is 2.51. The molecule has 5 heteroatoms. The average molecular weight is 342 g/mol. The van der Waals surface area contributed by atoms with Crippen molar-refractivity contribution in [1.29, 1.82) is 0 Å². The molecular weight excluding hydrogens is 316 g/mol. The Morgan fingerprint density at radius 2 is 1.88 bits per heavy atom. The quantitative estimate of drug-likeness (QED) is 0.777. The van der Waals surface area contributed by atoms with E-state index in [-0.39, 0.29) is 18.2 Å². The van der Waals surface area contributed by atoms with Crippen molar-refractivity contribution in [1.82, 2.24) is 4.98 Å². The first-order chi connectivity index (χ1) is 11.7. The predicted octanol–water partition coefficient (Wildman–Crippen LogP) is 3.80. The number of benzene rings is 1. The third-order valence-electron chi connectivity index (χ3n) is 4.13. The summed E-state index contributed by atoms with van der Waals surface area (Å²) in [5, 5.41) is 0.820. The van der Waals surface area contributed by atoms with Gasteiger partial charge in [-0.2, -0.15) is 0 Å². The summed E-state index contributed by atoms with van der Waals surface area (Å²) < 4.78 is 11.4. The van der Waals surface area contributed by atoms with E-state index in [9.17, 15) is 4.79 Å². The van der Waals surface area contributed by atoms with E-state index in [1.807, 2.05) is 32.9 Å². The highest BCUT2D eigenvalue weighted by Crippen LogP contribution is 2.27. The molecule has 25 heavy (non-hydrogen) atoms. The van der Waals surface area contributed by atoms with Gasteiger partial charge in [-0.3, -0.25) is 4.98 Å². The standard InChI is InChI=1S/C20H26N2O3/c1-13-11-22(12-14(2)24-13)15-6-7-18-17(10-15)16(8-9-21-18)19(23)25-20(3,4)5/h6-10,13-14H,11-12H2,1-5H3. The smallest absolute Gasteiger partial charge is 0.339 e. The lowest BCUT2D eigenvalue weighted by Crippen LogP contribution is -2.45. The second kappa shape index (κ2) is 6.64. The molecule has 0 amide bonds. The zero-order valence-electron chi connectivity index (χ0n) is 15.6. The molecule has 1 aliphatic heterocycles. The summed E-state index contributed by atoms with van der Waals surface area (Å²) in [7, 11) is 0. The normalized spacial score (nSPS) is 21.4. The number of carbonyl (C=O) groups is 1. The summed E-state index contributed by atoms with van der Waals surface area (Å²) in [5.74, 6) is -0.319. The summed E-state index contributed by atoms with van der Waals surface area (Å²) >= 11 is 0. The molecule has 1 aromatic heterocycles. The van der Waals surface area contributed by atoms with Crippen LogP contribution >= 0.6 is 0 Å². The lowest BCUT2D eigenvalue weighted by molar-refractivity contribution is -0.00525. The highest BCUT2D eigenvalue weighted by molar-refractivity contribution is 6.04. The summed E-state index contributed by atoms with van der Waals surface area (Å²) in [6.45, 7) is 11.4. The van der Waals surface area contributed by atoms with Gasteiger partial charge in [0.05, 0.1) is 23.3 Å². The maximum Gasteiger partial charge on any atom is 0.339 e. The Kier molecular flexibility index (Phi) is 4.69. The first kappa shape index (κ1) is 17.7. The molecule has 1 fully saturated rings. The fourth-order valence-corrected chi connectivity index (χ4v) is 3.23. The summed E-state index contributed by atoms with van der Waals surface area (Å²) in [6, 6.07) is 7.78. The van der Waals surface area contributed by atoms with Crippen LogP contribution in [0.5, 0.6) is 0 Å². The number of pyridine rings is 1. The number of rotatable bonds is 2. The number of aromatic nitrogens is 1. The number of carbonyl (C=O) groups excluding carboxylic acids is 1.